The Morgan fingerprint density at radius 1 is 1.50 bits per heavy atom. The number of pyridine rings is 1. The van der Waals surface area contributed by atoms with Crippen molar-refractivity contribution in [3.05, 3.63) is 50.4 Å². The van der Waals surface area contributed by atoms with Crippen LogP contribution in [0.1, 0.15) is 21.6 Å². The number of aromatic nitrogens is 1. The lowest BCUT2D eigenvalue weighted by Crippen LogP contribution is -2.26. The van der Waals surface area contributed by atoms with E-state index in [0.29, 0.717) is 12.1 Å². The summed E-state index contributed by atoms with van der Waals surface area (Å²) in [6, 6.07) is 5.59. The van der Waals surface area contributed by atoms with Gasteiger partial charge < -0.3 is 4.90 Å². The highest BCUT2D eigenvalue weighted by Crippen LogP contribution is 2.21. The smallest absolute Gasteiger partial charge is 0.254 e. The molecule has 0 saturated heterocycles. The van der Waals surface area contributed by atoms with Crippen molar-refractivity contribution >= 4 is 33.2 Å². The first-order valence-corrected chi connectivity index (χ1v) is 7.14. The summed E-state index contributed by atoms with van der Waals surface area (Å²) in [5.74, 6) is 0.0165. The highest BCUT2D eigenvalue weighted by Gasteiger charge is 2.12. The fourth-order valence-corrected chi connectivity index (χ4v) is 2.87. The number of carbonyl (C=O) groups is 1. The van der Waals surface area contributed by atoms with Crippen LogP contribution in [0.3, 0.4) is 0 Å². The molecule has 3 nitrogen and oxygen atoms in total. The van der Waals surface area contributed by atoms with Gasteiger partial charge in [0.1, 0.15) is 0 Å². The second kappa shape index (κ2) is 5.63. The summed E-state index contributed by atoms with van der Waals surface area (Å²) >= 11 is 5.05. The van der Waals surface area contributed by atoms with E-state index in [1.807, 2.05) is 31.5 Å². The Bertz CT molecular complexity index is 568. The third-order valence-corrected chi connectivity index (χ3v) is 4.09. The van der Waals surface area contributed by atoms with Crippen molar-refractivity contribution in [3.8, 4) is 0 Å². The summed E-state index contributed by atoms with van der Waals surface area (Å²) in [7, 11) is 1.81. The van der Waals surface area contributed by atoms with Crippen LogP contribution >= 0.6 is 27.3 Å². The molecule has 1 amide bonds. The molecule has 2 heterocycles. The molecule has 0 aliphatic rings. The predicted octanol–water partition coefficient (Wildman–Crippen LogP) is 3.49. The molecule has 0 atom stereocenters. The van der Waals surface area contributed by atoms with Crippen molar-refractivity contribution in [2.24, 2.45) is 0 Å². The first kappa shape index (κ1) is 13.2. The number of amides is 1. The fraction of sp³-hybridized carbons (Fsp3) is 0.231. The Hall–Kier alpha value is -1.20. The monoisotopic (exact) mass is 324 g/mol. The summed E-state index contributed by atoms with van der Waals surface area (Å²) < 4.78 is 1.08. The molecule has 0 unspecified atom stereocenters. The van der Waals surface area contributed by atoms with Crippen LogP contribution in [0.2, 0.25) is 0 Å². The number of halogens is 1. The van der Waals surface area contributed by atoms with Crippen molar-refractivity contribution in [1.82, 2.24) is 9.88 Å². The molecule has 0 aliphatic carbocycles. The minimum atomic E-state index is 0.0165. The molecule has 0 aromatic carbocycles. The Kier molecular flexibility index (Phi) is 4.14. The molecule has 0 N–H and O–H groups in total. The van der Waals surface area contributed by atoms with E-state index < -0.39 is 0 Å². The van der Waals surface area contributed by atoms with E-state index >= 15 is 0 Å². The van der Waals surface area contributed by atoms with Crippen LogP contribution in [-0.2, 0) is 6.54 Å². The highest BCUT2D eigenvalue weighted by molar-refractivity contribution is 9.11. The van der Waals surface area contributed by atoms with Gasteiger partial charge in [0.2, 0.25) is 0 Å². The van der Waals surface area contributed by atoms with Gasteiger partial charge in [0.25, 0.3) is 5.91 Å². The van der Waals surface area contributed by atoms with Crippen LogP contribution in [0.15, 0.2) is 33.6 Å². The Balaban J connectivity index is 2.09. The number of thiophene rings is 1. The van der Waals surface area contributed by atoms with Gasteiger partial charge in [0.05, 0.1) is 3.79 Å². The average Bonchev–Trinajstić information content (AvgIpc) is 2.73. The fourth-order valence-electron chi connectivity index (χ4n) is 1.67. The van der Waals surface area contributed by atoms with Gasteiger partial charge in [-0.25, -0.2) is 0 Å². The van der Waals surface area contributed by atoms with Gasteiger partial charge in [-0.2, -0.15) is 0 Å². The molecule has 0 radical (unpaired) electrons. The van der Waals surface area contributed by atoms with Gasteiger partial charge in [0.15, 0.2) is 0 Å². The third kappa shape index (κ3) is 3.17. The lowest BCUT2D eigenvalue weighted by Gasteiger charge is -2.16. The second-order valence-corrected chi connectivity index (χ2v) is 6.40. The maximum Gasteiger partial charge on any atom is 0.254 e. The van der Waals surface area contributed by atoms with Gasteiger partial charge >= 0.3 is 0 Å². The van der Waals surface area contributed by atoms with Crippen molar-refractivity contribution in [2.45, 2.75) is 13.5 Å². The van der Waals surface area contributed by atoms with E-state index in [9.17, 15) is 4.79 Å². The molecular formula is C13H13BrN2OS. The van der Waals surface area contributed by atoms with Crippen LogP contribution in [0.5, 0.6) is 0 Å². The standard InChI is InChI=1S/C13H13BrN2OS/c1-9-5-11(3-4-15-9)13(17)16(2)7-10-6-12(14)18-8-10/h3-6,8H,7H2,1-2H3. The van der Waals surface area contributed by atoms with E-state index in [1.165, 1.54) is 0 Å². The molecular weight excluding hydrogens is 312 g/mol. The summed E-state index contributed by atoms with van der Waals surface area (Å²) in [5, 5.41) is 2.05. The molecule has 2 rings (SSSR count). The summed E-state index contributed by atoms with van der Waals surface area (Å²) in [4.78, 5) is 18.0. The maximum absolute atomic E-state index is 12.2. The predicted molar refractivity (Wildman–Crippen MR) is 76.8 cm³/mol. The molecule has 2 aromatic rings. The normalized spacial score (nSPS) is 10.4. The molecule has 5 heteroatoms. The quantitative estimate of drug-likeness (QED) is 0.865. The van der Waals surface area contributed by atoms with Gasteiger partial charge in [-0.3, -0.25) is 9.78 Å². The number of aryl methyl sites for hydroxylation is 1. The van der Waals surface area contributed by atoms with E-state index in [2.05, 4.69) is 20.9 Å². The zero-order chi connectivity index (χ0) is 13.1. The topological polar surface area (TPSA) is 33.2 Å². The van der Waals surface area contributed by atoms with E-state index in [0.717, 1.165) is 15.0 Å². The third-order valence-electron chi connectivity index (χ3n) is 2.53. The van der Waals surface area contributed by atoms with Crippen LogP contribution in [0, 0.1) is 6.92 Å². The van der Waals surface area contributed by atoms with Gasteiger partial charge in [-0.1, -0.05) is 0 Å². The summed E-state index contributed by atoms with van der Waals surface area (Å²) in [6.45, 7) is 2.50. The first-order valence-electron chi connectivity index (χ1n) is 5.47. The van der Waals surface area contributed by atoms with Crippen molar-refractivity contribution < 1.29 is 4.79 Å². The lowest BCUT2D eigenvalue weighted by atomic mass is 10.2. The summed E-state index contributed by atoms with van der Waals surface area (Å²) in [6.07, 6.45) is 1.66. The first-order chi connectivity index (χ1) is 8.56. The number of rotatable bonds is 3. The van der Waals surface area contributed by atoms with Crippen molar-refractivity contribution in [2.75, 3.05) is 7.05 Å². The number of hydrogen-bond donors (Lipinski definition) is 0. The Labute approximate surface area is 119 Å². The van der Waals surface area contributed by atoms with Crippen LogP contribution < -0.4 is 0 Å². The zero-order valence-corrected chi connectivity index (χ0v) is 12.6. The van der Waals surface area contributed by atoms with E-state index in [1.54, 1.807) is 28.5 Å². The van der Waals surface area contributed by atoms with Crippen LogP contribution in [-0.4, -0.2) is 22.8 Å². The highest BCUT2D eigenvalue weighted by atomic mass is 79.9. The molecule has 2 aromatic heterocycles. The molecule has 0 saturated carbocycles. The largest absolute Gasteiger partial charge is 0.337 e. The van der Waals surface area contributed by atoms with Crippen molar-refractivity contribution in [3.63, 3.8) is 0 Å². The Morgan fingerprint density at radius 2 is 2.28 bits per heavy atom. The number of hydrogen-bond acceptors (Lipinski definition) is 3. The lowest BCUT2D eigenvalue weighted by molar-refractivity contribution is 0.0785. The molecule has 18 heavy (non-hydrogen) atoms. The molecule has 0 aliphatic heterocycles. The number of nitrogens with zero attached hydrogens (tertiary/aromatic N) is 2. The Morgan fingerprint density at radius 3 is 2.89 bits per heavy atom. The zero-order valence-electron chi connectivity index (χ0n) is 10.2. The SMILES string of the molecule is Cc1cc(C(=O)N(C)Cc2csc(Br)c2)ccn1. The van der Waals surface area contributed by atoms with Crippen molar-refractivity contribution in [1.29, 1.82) is 0 Å². The van der Waals surface area contributed by atoms with Crippen LogP contribution in [0.4, 0.5) is 0 Å². The molecule has 0 spiro atoms. The van der Waals surface area contributed by atoms with E-state index in [4.69, 9.17) is 0 Å². The van der Waals surface area contributed by atoms with Crippen LogP contribution in [0.25, 0.3) is 0 Å². The summed E-state index contributed by atoms with van der Waals surface area (Å²) in [5.41, 5.74) is 2.67. The maximum atomic E-state index is 12.2. The van der Waals surface area contributed by atoms with Gasteiger partial charge in [0, 0.05) is 31.0 Å². The van der Waals surface area contributed by atoms with Gasteiger partial charge in [-0.05, 0) is 52.0 Å². The van der Waals surface area contributed by atoms with Gasteiger partial charge in [-0.15, -0.1) is 11.3 Å². The van der Waals surface area contributed by atoms with E-state index in [-0.39, 0.29) is 5.91 Å². The minimum Gasteiger partial charge on any atom is -0.337 e. The second-order valence-electron chi connectivity index (χ2n) is 4.11. The molecule has 0 fully saturated rings. The average molecular weight is 325 g/mol. The minimum absolute atomic E-state index is 0.0165. The molecule has 0 bridgehead atoms. The molecule has 94 valence electrons. The number of carbonyl (C=O) groups excluding carboxylic acids is 1.